The number of nitrogens with zero attached hydrogens (tertiary/aromatic N) is 6. The number of aromatic nitrogens is 5. The first-order valence-corrected chi connectivity index (χ1v) is 9.79. The molecule has 1 saturated heterocycles. The Morgan fingerprint density at radius 2 is 2.10 bits per heavy atom. The molecule has 0 spiro atoms. The third-order valence-electron chi connectivity index (χ3n) is 5.16. The summed E-state index contributed by atoms with van der Waals surface area (Å²) in [4.78, 5) is 19.2. The highest BCUT2D eigenvalue weighted by Gasteiger charge is 2.26. The van der Waals surface area contributed by atoms with E-state index >= 15 is 0 Å². The lowest BCUT2D eigenvalue weighted by atomic mass is 10.0. The van der Waals surface area contributed by atoms with Crippen LogP contribution in [-0.4, -0.2) is 55.7 Å². The number of benzene rings is 1. The van der Waals surface area contributed by atoms with Gasteiger partial charge in [0, 0.05) is 25.1 Å². The van der Waals surface area contributed by atoms with Crippen LogP contribution in [-0.2, 0) is 22.5 Å². The van der Waals surface area contributed by atoms with Gasteiger partial charge in [0.2, 0.25) is 5.91 Å². The lowest BCUT2D eigenvalue weighted by Crippen LogP contribution is -2.42. The molecule has 1 aliphatic rings. The van der Waals surface area contributed by atoms with Gasteiger partial charge in [0.05, 0.1) is 25.4 Å². The number of hydrogen-bond donors (Lipinski definition) is 0. The van der Waals surface area contributed by atoms with Gasteiger partial charge in [-0.3, -0.25) is 9.78 Å². The van der Waals surface area contributed by atoms with Crippen LogP contribution in [0, 0.1) is 6.92 Å². The number of rotatable bonds is 6. The summed E-state index contributed by atoms with van der Waals surface area (Å²) in [5, 5.41) is 11.0. The van der Waals surface area contributed by atoms with Crippen molar-refractivity contribution in [3.05, 3.63) is 71.3 Å². The summed E-state index contributed by atoms with van der Waals surface area (Å²) >= 11 is 0. The van der Waals surface area contributed by atoms with E-state index in [9.17, 15) is 4.79 Å². The number of amides is 1. The Bertz CT molecular complexity index is 959. The molecule has 0 saturated carbocycles. The average molecular weight is 392 g/mol. The van der Waals surface area contributed by atoms with E-state index in [1.54, 1.807) is 4.68 Å². The van der Waals surface area contributed by atoms with Crippen LogP contribution >= 0.6 is 0 Å². The maximum Gasteiger partial charge on any atom is 0.224 e. The van der Waals surface area contributed by atoms with Crippen LogP contribution in [0.25, 0.3) is 0 Å². The Balaban J connectivity index is 1.40. The minimum atomic E-state index is -0.211. The summed E-state index contributed by atoms with van der Waals surface area (Å²) in [6.45, 7) is 4.19. The number of aryl methyl sites for hydroxylation is 2. The maximum absolute atomic E-state index is 12.6. The SMILES string of the molecule is Cc1ccccc1Cc1cccc([C@@H]2CN(C(=O)CCn3cnnn3)CCO2)n1. The molecule has 0 radical (unpaired) electrons. The first kappa shape index (κ1) is 19.2. The largest absolute Gasteiger partial charge is 0.368 e. The van der Waals surface area contributed by atoms with Gasteiger partial charge in [0.25, 0.3) is 0 Å². The Morgan fingerprint density at radius 1 is 1.21 bits per heavy atom. The highest BCUT2D eigenvalue weighted by atomic mass is 16.5. The highest BCUT2D eigenvalue weighted by Crippen LogP contribution is 2.22. The van der Waals surface area contributed by atoms with Gasteiger partial charge >= 0.3 is 0 Å². The molecule has 8 nitrogen and oxygen atoms in total. The van der Waals surface area contributed by atoms with E-state index in [-0.39, 0.29) is 12.0 Å². The van der Waals surface area contributed by atoms with Gasteiger partial charge < -0.3 is 9.64 Å². The van der Waals surface area contributed by atoms with Crippen molar-refractivity contribution in [2.75, 3.05) is 19.7 Å². The van der Waals surface area contributed by atoms with E-state index in [0.29, 0.717) is 32.7 Å². The van der Waals surface area contributed by atoms with Crippen LogP contribution in [0.4, 0.5) is 0 Å². The molecule has 8 heteroatoms. The van der Waals surface area contributed by atoms with Gasteiger partial charge in [-0.1, -0.05) is 30.3 Å². The highest BCUT2D eigenvalue weighted by molar-refractivity contribution is 5.76. The zero-order chi connectivity index (χ0) is 20.1. The molecule has 3 heterocycles. The van der Waals surface area contributed by atoms with Gasteiger partial charge in [0.15, 0.2) is 0 Å². The summed E-state index contributed by atoms with van der Waals surface area (Å²) in [5.74, 6) is 0.0739. The number of tetrazole rings is 1. The Morgan fingerprint density at radius 3 is 2.93 bits per heavy atom. The molecule has 0 unspecified atom stereocenters. The predicted octanol–water partition coefficient (Wildman–Crippen LogP) is 1.96. The molecular weight excluding hydrogens is 368 g/mol. The van der Waals surface area contributed by atoms with Crippen molar-refractivity contribution in [1.82, 2.24) is 30.1 Å². The average Bonchev–Trinajstić information content (AvgIpc) is 3.28. The fourth-order valence-corrected chi connectivity index (χ4v) is 3.49. The smallest absolute Gasteiger partial charge is 0.224 e. The number of hydrogen-bond acceptors (Lipinski definition) is 6. The summed E-state index contributed by atoms with van der Waals surface area (Å²) in [7, 11) is 0. The molecule has 1 aromatic carbocycles. The van der Waals surface area contributed by atoms with Crippen LogP contribution in [0.3, 0.4) is 0 Å². The molecule has 1 amide bonds. The van der Waals surface area contributed by atoms with Crippen molar-refractivity contribution in [1.29, 1.82) is 0 Å². The molecule has 150 valence electrons. The zero-order valence-corrected chi connectivity index (χ0v) is 16.4. The number of carbonyl (C=O) groups is 1. The van der Waals surface area contributed by atoms with E-state index in [1.807, 2.05) is 29.2 Å². The van der Waals surface area contributed by atoms with Crippen molar-refractivity contribution in [3.63, 3.8) is 0 Å². The zero-order valence-electron chi connectivity index (χ0n) is 16.4. The molecular formula is C21H24N6O2. The monoisotopic (exact) mass is 392 g/mol. The van der Waals surface area contributed by atoms with Crippen LogP contribution in [0.15, 0.2) is 48.8 Å². The topological polar surface area (TPSA) is 86.0 Å². The van der Waals surface area contributed by atoms with Gasteiger partial charge in [-0.25, -0.2) is 4.68 Å². The molecule has 3 aromatic rings. The van der Waals surface area contributed by atoms with Crippen LogP contribution in [0.5, 0.6) is 0 Å². The summed E-state index contributed by atoms with van der Waals surface area (Å²) in [6.07, 6.45) is 2.44. The minimum Gasteiger partial charge on any atom is -0.368 e. The predicted molar refractivity (Wildman–Crippen MR) is 106 cm³/mol. The second kappa shape index (κ2) is 8.91. The van der Waals surface area contributed by atoms with E-state index in [1.165, 1.54) is 17.5 Å². The molecule has 0 bridgehead atoms. The van der Waals surface area contributed by atoms with Crippen molar-refractivity contribution < 1.29 is 9.53 Å². The third-order valence-corrected chi connectivity index (χ3v) is 5.16. The normalized spacial score (nSPS) is 16.7. The number of carbonyl (C=O) groups excluding carboxylic acids is 1. The van der Waals surface area contributed by atoms with Crippen molar-refractivity contribution in [3.8, 4) is 0 Å². The second-order valence-corrected chi connectivity index (χ2v) is 7.18. The molecule has 1 atom stereocenters. The van der Waals surface area contributed by atoms with Crippen molar-refractivity contribution >= 4 is 5.91 Å². The first-order valence-electron chi connectivity index (χ1n) is 9.79. The standard InChI is InChI=1S/C21H24N6O2/c1-16-5-2-3-6-17(16)13-18-7-4-8-19(23-18)20-14-26(11-12-29-20)21(28)9-10-27-15-22-24-25-27/h2-8,15,20H,9-14H2,1H3/t20-/m0/s1. The van der Waals surface area contributed by atoms with E-state index in [2.05, 4.69) is 40.6 Å². The molecule has 0 N–H and O–H groups in total. The molecule has 0 aliphatic carbocycles. The number of morpholine rings is 1. The molecule has 1 aliphatic heterocycles. The van der Waals surface area contributed by atoms with Gasteiger partial charge in [-0.2, -0.15) is 0 Å². The van der Waals surface area contributed by atoms with Gasteiger partial charge in [-0.15, -0.1) is 5.10 Å². The molecule has 1 fully saturated rings. The fraction of sp³-hybridized carbons (Fsp3) is 0.381. The maximum atomic E-state index is 12.6. The number of pyridine rings is 1. The summed E-state index contributed by atoms with van der Waals surface area (Å²) in [5.41, 5.74) is 4.39. The van der Waals surface area contributed by atoms with E-state index in [4.69, 9.17) is 9.72 Å². The lowest BCUT2D eigenvalue weighted by molar-refractivity contribution is -0.139. The van der Waals surface area contributed by atoms with Crippen molar-refractivity contribution in [2.45, 2.75) is 32.4 Å². The minimum absolute atomic E-state index is 0.0739. The lowest BCUT2D eigenvalue weighted by Gasteiger charge is -2.33. The Labute approximate surface area is 169 Å². The third kappa shape index (κ3) is 4.83. The summed E-state index contributed by atoms with van der Waals surface area (Å²) in [6, 6.07) is 14.4. The van der Waals surface area contributed by atoms with Gasteiger partial charge in [0.1, 0.15) is 12.4 Å². The molecule has 4 rings (SSSR count). The van der Waals surface area contributed by atoms with Crippen LogP contribution in [0.2, 0.25) is 0 Å². The Kier molecular flexibility index (Phi) is 5.90. The number of ether oxygens (including phenoxy) is 1. The van der Waals surface area contributed by atoms with Crippen molar-refractivity contribution in [2.24, 2.45) is 0 Å². The fourth-order valence-electron chi connectivity index (χ4n) is 3.49. The van der Waals surface area contributed by atoms with Crippen LogP contribution < -0.4 is 0 Å². The van der Waals surface area contributed by atoms with Gasteiger partial charge in [-0.05, 0) is 40.6 Å². The summed E-state index contributed by atoms with van der Waals surface area (Å²) < 4.78 is 7.49. The molecule has 29 heavy (non-hydrogen) atoms. The van der Waals surface area contributed by atoms with E-state index < -0.39 is 0 Å². The van der Waals surface area contributed by atoms with Crippen LogP contribution in [0.1, 0.15) is 35.0 Å². The second-order valence-electron chi connectivity index (χ2n) is 7.18. The van der Waals surface area contributed by atoms with E-state index in [0.717, 1.165) is 17.8 Å². The Hall–Kier alpha value is -3.13. The quantitative estimate of drug-likeness (QED) is 0.637. The first-order chi connectivity index (χ1) is 14.2. The molecule has 2 aromatic heterocycles.